The lowest BCUT2D eigenvalue weighted by Crippen LogP contribution is -2.43. The van der Waals surface area contributed by atoms with Crippen LogP contribution in [0.15, 0.2) is 65.8 Å². The Bertz CT molecular complexity index is 1170. The van der Waals surface area contributed by atoms with Crippen molar-refractivity contribution < 1.29 is 17.9 Å². The fourth-order valence-electron chi connectivity index (χ4n) is 3.98. The van der Waals surface area contributed by atoms with E-state index in [0.717, 1.165) is 30.0 Å². The lowest BCUT2D eigenvalue weighted by atomic mass is 10.2. The van der Waals surface area contributed by atoms with E-state index in [1.807, 2.05) is 54.1 Å². The normalized spacial score (nSPS) is 15.0. The van der Waals surface area contributed by atoms with Crippen molar-refractivity contribution in [3.8, 4) is 5.75 Å². The maximum Gasteiger partial charge on any atom is 0.243 e. The van der Waals surface area contributed by atoms with Gasteiger partial charge in [-0.3, -0.25) is 4.90 Å². The number of aromatic nitrogens is 2. The molecule has 0 atom stereocenters. The number of ether oxygens (including phenoxy) is 2. The Kier molecular flexibility index (Phi) is 7.99. The maximum absolute atomic E-state index is 13.6. The third-order valence-corrected chi connectivity index (χ3v) is 7.89. The van der Waals surface area contributed by atoms with Gasteiger partial charge in [0.1, 0.15) is 11.6 Å². The van der Waals surface area contributed by atoms with E-state index in [4.69, 9.17) is 9.47 Å². The molecular weight excluding hydrogens is 452 g/mol. The number of sulfonamides is 1. The summed E-state index contributed by atoms with van der Waals surface area (Å²) >= 11 is 0. The van der Waals surface area contributed by atoms with Gasteiger partial charge in [-0.2, -0.15) is 4.31 Å². The molecule has 0 spiro atoms. The first kappa shape index (κ1) is 24.4. The third kappa shape index (κ3) is 6.04. The minimum absolute atomic E-state index is 0.192. The average Bonchev–Trinajstić information content (AvgIpc) is 3.29. The second-order valence-corrected chi connectivity index (χ2v) is 10.4. The molecule has 1 fully saturated rings. The smallest absolute Gasteiger partial charge is 0.243 e. The van der Waals surface area contributed by atoms with E-state index >= 15 is 0 Å². The van der Waals surface area contributed by atoms with Crippen molar-refractivity contribution >= 4 is 10.0 Å². The first-order valence-corrected chi connectivity index (χ1v) is 12.9. The summed E-state index contributed by atoms with van der Waals surface area (Å²) in [5.74, 6) is 1.48. The molecule has 0 saturated carbocycles. The number of hydrogen-bond acceptors (Lipinski definition) is 6. The Hall–Kier alpha value is -2.72. The number of methoxy groups -OCH3 is 1. The fraction of sp³-hybridized carbons (Fsp3) is 0.400. The molecule has 4 rings (SSSR count). The molecule has 2 heterocycles. The first-order valence-electron chi connectivity index (χ1n) is 11.5. The monoisotopic (exact) mass is 484 g/mol. The molecule has 2 aromatic carbocycles. The van der Waals surface area contributed by atoms with Gasteiger partial charge in [-0.1, -0.05) is 29.8 Å². The van der Waals surface area contributed by atoms with E-state index in [1.54, 1.807) is 25.4 Å². The van der Waals surface area contributed by atoms with Crippen LogP contribution in [0.2, 0.25) is 0 Å². The zero-order chi connectivity index (χ0) is 24.0. The van der Waals surface area contributed by atoms with Gasteiger partial charge in [-0.25, -0.2) is 13.4 Å². The molecule has 0 aliphatic carbocycles. The summed E-state index contributed by atoms with van der Waals surface area (Å²) in [5.41, 5.74) is 2.08. The Labute approximate surface area is 201 Å². The summed E-state index contributed by atoms with van der Waals surface area (Å²) in [6, 6.07) is 14.9. The summed E-state index contributed by atoms with van der Waals surface area (Å²) in [7, 11) is -2.05. The number of hydrogen-bond donors (Lipinski definition) is 0. The SMILES string of the molecule is COc1cccc(Cn2ccnc2CN(CCN2CCOCC2)S(=O)(=O)c2ccc(C)cc2)c1. The van der Waals surface area contributed by atoms with Crippen LogP contribution in [-0.2, 0) is 27.8 Å². The molecule has 3 aromatic rings. The second kappa shape index (κ2) is 11.1. The van der Waals surface area contributed by atoms with E-state index in [9.17, 15) is 8.42 Å². The van der Waals surface area contributed by atoms with E-state index < -0.39 is 10.0 Å². The van der Waals surface area contributed by atoms with E-state index in [-0.39, 0.29) is 6.54 Å². The van der Waals surface area contributed by atoms with Gasteiger partial charge in [0, 0.05) is 45.1 Å². The van der Waals surface area contributed by atoms with Crippen molar-refractivity contribution in [2.45, 2.75) is 24.9 Å². The highest BCUT2D eigenvalue weighted by Crippen LogP contribution is 2.20. The Morgan fingerprint density at radius 1 is 1.12 bits per heavy atom. The van der Waals surface area contributed by atoms with Gasteiger partial charge in [0.25, 0.3) is 0 Å². The lowest BCUT2D eigenvalue weighted by molar-refractivity contribution is 0.0360. The van der Waals surface area contributed by atoms with Gasteiger partial charge in [-0.05, 0) is 36.8 Å². The fourth-order valence-corrected chi connectivity index (χ4v) is 5.37. The van der Waals surface area contributed by atoms with Crippen molar-refractivity contribution in [2.24, 2.45) is 0 Å². The van der Waals surface area contributed by atoms with Crippen molar-refractivity contribution in [2.75, 3.05) is 46.5 Å². The summed E-state index contributed by atoms with van der Waals surface area (Å²) in [6.45, 7) is 6.71. The van der Waals surface area contributed by atoms with Crippen molar-refractivity contribution in [1.29, 1.82) is 0 Å². The highest BCUT2D eigenvalue weighted by atomic mass is 32.2. The molecule has 1 aliphatic heterocycles. The van der Waals surface area contributed by atoms with Crippen LogP contribution in [0.5, 0.6) is 5.75 Å². The number of rotatable bonds is 10. The molecule has 0 unspecified atom stereocenters. The van der Waals surface area contributed by atoms with Crippen LogP contribution in [0.4, 0.5) is 0 Å². The predicted octanol–water partition coefficient (Wildman–Crippen LogP) is 2.77. The van der Waals surface area contributed by atoms with Crippen LogP contribution in [-0.4, -0.2) is 73.7 Å². The number of nitrogens with zero attached hydrogens (tertiary/aromatic N) is 4. The van der Waals surface area contributed by atoms with Gasteiger partial charge in [0.15, 0.2) is 0 Å². The molecule has 0 N–H and O–H groups in total. The molecule has 1 aliphatic rings. The Morgan fingerprint density at radius 3 is 2.62 bits per heavy atom. The number of imidazole rings is 1. The quantitative estimate of drug-likeness (QED) is 0.441. The lowest BCUT2D eigenvalue weighted by Gasteiger charge is -2.29. The van der Waals surface area contributed by atoms with Gasteiger partial charge < -0.3 is 14.0 Å². The second-order valence-electron chi connectivity index (χ2n) is 8.43. The number of morpholine rings is 1. The molecule has 0 radical (unpaired) electrons. The Morgan fingerprint density at radius 2 is 1.88 bits per heavy atom. The molecule has 1 aromatic heterocycles. The first-order chi connectivity index (χ1) is 16.5. The highest BCUT2D eigenvalue weighted by Gasteiger charge is 2.27. The topological polar surface area (TPSA) is 76.9 Å². The maximum atomic E-state index is 13.6. The van der Waals surface area contributed by atoms with E-state index in [0.29, 0.717) is 43.6 Å². The van der Waals surface area contributed by atoms with Crippen LogP contribution in [0.25, 0.3) is 0 Å². The molecule has 1 saturated heterocycles. The van der Waals surface area contributed by atoms with Gasteiger partial charge in [0.05, 0.1) is 31.8 Å². The van der Waals surface area contributed by atoms with Gasteiger partial charge in [0.2, 0.25) is 10.0 Å². The average molecular weight is 485 g/mol. The van der Waals surface area contributed by atoms with Crippen molar-refractivity contribution in [1.82, 2.24) is 18.8 Å². The third-order valence-electron chi connectivity index (χ3n) is 6.03. The van der Waals surface area contributed by atoms with Crippen LogP contribution < -0.4 is 4.74 Å². The predicted molar refractivity (Wildman–Crippen MR) is 130 cm³/mol. The molecule has 34 heavy (non-hydrogen) atoms. The molecule has 182 valence electrons. The van der Waals surface area contributed by atoms with Crippen LogP contribution in [0.1, 0.15) is 17.0 Å². The summed E-state index contributed by atoms with van der Waals surface area (Å²) in [5, 5.41) is 0. The van der Waals surface area contributed by atoms with Crippen molar-refractivity contribution in [3.05, 3.63) is 77.9 Å². The van der Waals surface area contributed by atoms with E-state index in [2.05, 4.69) is 9.88 Å². The number of benzene rings is 2. The highest BCUT2D eigenvalue weighted by molar-refractivity contribution is 7.89. The van der Waals surface area contributed by atoms with Crippen LogP contribution in [0, 0.1) is 6.92 Å². The van der Waals surface area contributed by atoms with Crippen LogP contribution >= 0.6 is 0 Å². The number of aryl methyl sites for hydroxylation is 1. The molecule has 8 nitrogen and oxygen atoms in total. The molecule has 9 heteroatoms. The van der Waals surface area contributed by atoms with E-state index in [1.165, 1.54) is 4.31 Å². The van der Waals surface area contributed by atoms with Gasteiger partial charge >= 0.3 is 0 Å². The van der Waals surface area contributed by atoms with Crippen LogP contribution in [0.3, 0.4) is 0 Å². The zero-order valence-electron chi connectivity index (χ0n) is 19.8. The Balaban J connectivity index is 1.56. The molecule has 0 amide bonds. The summed E-state index contributed by atoms with van der Waals surface area (Å²) < 4.78 is 41.5. The largest absolute Gasteiger partial charge is 0.497 e. The molecule has 0 bridgehead atoms. The van der Waals surface area contributed by atoms with Gasteiger partial charge in [-0.15, -0.1) is 0 Å². The van der Waals surface area contributed by atoms with Crippen molar-refractivity contribution in [3.63, 3.8) is 0 Å². The molecular formula is C25H32N4O4S. The zero-order valence-corrected chi connectivity index (χ0v) is 20.6. The minimum atomic E-state index is -3.69. The minimum Gasteiger partial charge on any atom is -0.497 e. The summed E-state index contributed by atoms with van der Waals surface area (Å²) in [6.07, 6.45) is 3.60. The standard InChI is InChI=1S/C25H32N4O4S/c1-21-6-8-24(9-7-21)34(30,31)29(13-12-27-14-16-33-17-15-27)20-25-26-10-11-28(25)19-22-4-3-5-23(18-22)32-2/h3-11,18H,12-17,19-20H2,1-2H3. The summed E-state index contributed by atoms with van der Waals surface area (Å²) in [4.78, 5) is 7.04.